The van der Waals surface area contributed by atoms with Gasteiger partial charge in [0.15, 0.2) is 0 Å². The minimum Gasteiger partial charge on any atom is -0.466 e. The van der Waals surface area contributed by atoms with E-state index in [1.807, 2.05) is 0 Å². The van der Waals surface area contributed by atoms with Gasteiger partial charge < -0.3 is 14.4 Å². The number of unbranched alkanes of at least 4 members (excludes halogenated alkanes) is 16. The minimum atomic E-state index is 0.0225. The Morgan fingerprint density at radius 1 is 0.393 bits per heavy atom. The standard InChI is InChI=1S/C51H99NO4/c1-5-9-20-31-48(32-21-10-6-2)40-45-55-50(53)38-26-17-13-15-24-35-47(37-30-44-52-42-28-19-29-43-52)36-25-16-14-18-27-39-51(54)56-46-41-49(33-22-11-7-3)34-23-12-8-4/h47-49H,5-46H2,1-4H3. The van der Waals surface area contributed by atoms with Crippen molar-refractivity contribution in [1.82, 2.24) is 4.90 Å². The smallest absolute Gasteiger partial charge is 0.305 e. The Kier molecular flexibility index (Phi) is 38.4. The van der Waals surface area contributed by atoms with Crippen molar-refractivity contribution < 1.29 is 19.1 Å². The number of nitrogens with zero attached hydrogens (tertiary/aromatic N) is 1. The van der Waals surface area contributed by atoms with Crippen molar-refractivity contribution in [2.24, 2.45) is 17.8 Å². The second-order valence-corrected chi connectivity index (χ2v) is 18.3. The van der Waals surface area contributed by atoms with Crippen LogP contribution in [0, 0.1) is 17.8 Å². The average Bonchev–Trinajstić information content (AvgIpc) is 3.20. The van der Waals surface area contributed by atoms with Gasteiger partial charge in [0.2, 0.25) is 0 Å². The zero-order valence-electron chi connectivity index (χ0n) is 38.5. The van der Waals surface area contributed by atoms with E-state index in [0.717, 1.165) is 56.3 Å². The predicted octanol–water partition coefficient (Wildman–Crippen LogP) is 15.8. The number of ether oxygens (including phenoxy) is 2. The topological polar surface area (TPSA) is 55.8 Å². The van der Waals surface area contributed by atoms with Crippen molar-refractivity contribution in [2.45, 2.75) is 265 Å². The molecule has 0 aromatic heterocycles. The van der Waals surface area contributed by atoms with Crippen molar-refractivity contribution in [3.63, 3.8) is 0 Å². The lowest BCUT2D eigenvalue weighted by Gasteiger charge is -2.27. The van der Waals surface area contributed by atoms with Crippen LogP contribution >= 0.6 is 0 Å². The molecule has 5 heteroatoms. The molecule has 0 aliphatic carbocycles. The normalized spacial score (nSPS) is 13.7. The van der Waals surface area contributed by atoms with E-state index in [0.29, 0.717) is 26.1 Å². The first-order chi connectivity index (χ1) is 27.5. The van der Waals surface area contributed by atoms with Crippen molar-refractivity contribution in [2.75, 3.05) is 32.8 Å². The third-order valence-electron chi connectivity index (χ3n) is 13.0. The molecular weight excluding hydrogens is 691 g/mol. The van der Waals surface area contributed by atoms with Gasteiger partial charge >= 0.3 is 11.9 Å². The molecule has 1 saturated heterocycles. The van der Waals surface area contributed by atoms with Crippen LogP contribution in [-0.2, 0) is 19.1 Å². The van der Waals surface area contributed by atoms with Gasteiger partial charge in [-0.15, -0.1) is 0 Å². The summed E-state index contributed by atoms with van der Waals surface area (Å²) >= 11 is 0. The van der Waals surface area contributed by atoms with Crippen LogP contribution in [0.1, 0.15) is 265 Å². The number of carbonyl (C=O) groups excluding carboxylic acids is 2. The molecule has 0 bridgehead atoms. The first-order valence-electron chi connectivity index (χ1n) is 25.6. The summed E-state index contributed by atoms with van der Waals surface area (Å²) in [6.07, 6.45) is 45.8. The lowest BCUT2D eigenvalue weighted by Crippen LogP contribution is -2.30. The van der Waals surface area contributed by atoms with E-state index in [9.17, 15) is 9.59 Å². The van der Waals surface area contributed by atoms with Crippen LogP contribution in [-0.4, -0.2) is 49.7 Å². The van der Waals surface area contributed by atoms with Crippen LogP contribution in [0.3, 0.4) is 0 Å². The van der Waals surface area contributed by atoms with Gasteiger partial charge in [-0.2, -0.15) is 0 Å². The summed E-state index contributed by atoms with van der Waals surface area (Å²) in [4.78, 5) is 27.6. The first-order valence-corrected chi connectivity index (χ1v) is 25.6. The monoisotopic (exact) mass is 790 g/mol. The van der Waals surface area contributed by atoms with Gasteiger partial charge in [0.1, 0.15) is 0 Å². The maximum Gasteiger partial charge on any atom is 0.305 e. The number of hydrogen-bond acceptors (Lipinski definition) is 5. The van der Waals surface area contributed by atoms with Crippen LogP contribution < -0.4 is 0 Å². The van der Waals surface area contributed by atoms with Crippen molar-refractivity contribution in [3.8, 4) is 0 Å². The number of piperidine rings is 1. The largest absolute Gasteiger partial charge is 0.466 e. The molecule has 0 N–H and O–H groups in total. The zero-order valence-corrected chi connectivity index (χ0v) is 38.5. The SMILES string of the molecule is CCCCCC(CCCCC)CCOC(=O)CCCCCCCC(CCCCCCCC(=O)OCCC(CCCCC)CCCCC)CCCN1CCCCC1. The van der Waals surface area contributed by atoms with Gasteiger partial charge in [0.25, 0.3) is 0 Å². The molecule has 56 heavy (non-hydrogen) atoms. The number of hydrogen-bond donors (Lipinski definition) is 0. The maximum absolute atomic E-state index is 12.4. The number of esters is 2. The number of rotatable bonds is 42. The summed E-state index contributed by atoms with van der Waals surface area (Å²) in [6, 6.07) is 0. The molecule has 0 amide bonds. The first kappa shape index (κ1) is 52.9. The third kappa shape index (κ3) is 33.8. The zero-order chi connectivity index (χ0) is 40.6. The van der Waals surface area contributed by atoms with Gasteiger partial charge in [-0.3, -0.25) is 9.59 Å². The highest BCUT2D eigenvalue weighted by Gasteiger charge is 2.15. The lowest BCUT2D eigenvalue weighted by molar-refractivity contribution is -0.145. The van der Waals surface area contributed by atoms with E-state index < -0.39 is 0 Å². The highest BCUT2D eigenvalue weighted by atomic mass is 16.5. The van der Waals surface area contributed by atoms with Gasteiger partial charge in [0.05, 0.1) is 13.2 Å². The van der Waals surface area contributed by atoms with Crippen LogP contribution in [0.15, 0.2) is 0 Å². The Morgan fingerprint density at radius 2 is 0.714 bits per heavy atom. The van der Waals surface area contributed by atoms with Gasteiger partial charge in [-0.1, -0.05) is 201 Å². The Hall–Kier alpha value is -1.10. The van der Waals surface area contributed by atoms with E-state index in [4.69, 9.17) is 9.47 Å². The highest BCUT2D eigenvalue weighted by Crippen LogP contribution is 2.25. The van der Waals surface area contributed by atoms with Crippen molar-refractivity contribution in [3.05, 3.63) is 0 Å². The van der Waals surface area contributed by atoms with Gasteiger partial charge in [-0.05, 0) is 88.8 Å². The van der Waals surface area contributed by atoms with E-state index in [1.54, 1.807) is 0 Å². The molecular formula is C51H99NO4. The molecule has 0 aromatic rings. The fraction of sp³-hybridized carbons (Fsp3) is 0.961. The van der Waals surface area contributed by atoms with Crippen LogP contribution in [0.5, 0.6) is 0 Å². The van der Waals surface area contributed by atoms with E-state index in [2.05, 4.69) is 32.6 Å². The molecule has 0 unspecified atom stereocenters. The Balaban J connectivity index is 2.24. The Labute approximate surface area is 350 Å². The van der Waals surface area contributed by atoms with Crippen molar-refractivity contribution in [1.29, 1.82) is 0 Å². The molecule has 1 aliphatic heterocycles. The molecule has 1 aliphatic rings. The number of carbonyl (C=O) groups is 2. The highest BCUT2D eigenvalue weighted by molar-refractivity contribution is 5.69. The van der Waals surface area contributed by atoms with E-state index in [-0.39, 0.29) is 11.9 Å². The third-order valence-corrected chi connectivity index (χ3v) is 13.0. The van der Waals surface area contributed by atoms with Gasteiger partial charge in [-0.25, -0.2) is 0 Å². The van der Waals surface area contributed by atoms with Crippen LogP contribution in [0.2, 0.25) is 0 Å². The van der Waals surface area contributed by atoms with E-state index >= 15 is 0 Å². The molecule has 0 aromatic carbocycles. The molecule has 332 valence electrons. The lowest BCUT2D eigenvalue weighted by atomic mass is 9.90. The second-order valence-electron chi connectivity index (χ2n) is 18.3. The quantitative estimate of drug-likeness (QED) is 0.0455. The van der Waals surface area contributed by atoms with Crippen LogP contribution in [0.25, 0.3) is 0 Å². The van der Waals surface area contributed by atoms with Gasteiger partial charge in [0, 0.05) is 12.8 Å². The molecule has 1 fully saturated rings. The predicted molar refractivity (Wildman–Crippen MR) is 242 cm³/mol. The Morgan fingerprint density at radius 3 is 1.11 bits per heavy atom. The molecule has 1 rings (SSSR count). The molecule has 0 atom stereocenters. The fourth-order valence-corrected chi connectivity index (χ4v) is 9.11. The molecule has 5 nitrogen and oxygen atoms in total. The summed E-state index contributed by atoms with van der Waals surface area (Å²) in [6.45, 7) is 14.2. The summed E-state index contributed by atoms with van der Waals surface area (Å²) in [5.41, 5.74) is 0. The molecule has 0 saturated carbocycles. The summed E-state index contributed by atoms with van der Waals surface area (Å²) in [5.74, 6) is 2.35. The minimum absolute atomic E-state index is 0.0225. The van der Waals surface area contributed by atoms with Crippen molar-refractivity contribution >= 4 is 11.9 Å². The molecule has 0 spiro atoms. The Bertz CT molecular complexity index is 766. The molecule has 1 heterocycles. The number of likely N-dealkylation sites (tertiary alicyclic amines) is 1. The molecule has 0 radical (unpaired) electrons. The average molecular weight is 790 g/mol. The second kappa shape index (κ2) is 40.7. The fourth-order valence-electron chi connectivity index (χ4n) is 9.11. The maximum atomic E-state index is 12.4. The summed E-state index contributed by atoms with van der Waals surface area (Å²) < 4.78 is 11.4. The summed E-state index contributed by atoms with van der Waals surface area (Å²) in [7, 11) is 0. The van der Waals surface area contributed by atoms with Crippen LogP contribution in [0.4, 0.5) is 0 Å². The van der Waals surface area contributed by atoms with E-state index in [1.165, 1.54) is 206 Å². The summed E-state index contributed by atoms with van der Waals surface area (Å²) in [5, 5.41) is 0.